The Morgan fingerprint density at radius 2 is 1.83 bits per heavy atom. The van der Waals surface area contributed by atoms with Crippen molar-refractivity contribution in [2.75, 3.05) is 17.7 Å². The zero-order valence-electron chi connectivity index (χ0n) is 17.6. The van der Waals surface area contributed by atoms with Crippen LogP contribution in [0.1, 0.15) is 43.0 Å². The molecule has 30 heavy (non-hydrogen) atoms. The number of amides is 1. The summed E-state index contributed by atoms with van der Waals surface area (Å²) in [5.41, 5.74) is 4.00. The van der Waals surface area contributed by atoms with Crippen molar-refractivity contribution in [3.8, 4) is 5.75 Å². The molecular formula is C22H27ClN2O4S. The van der Waals surface area contributed by atoms with Gasteiger partial charge < -0.3 is 10.1 Å². The second kappa shape index (κ2) is 8.86. The summed E-state index contributed by atoms with van der Waals surface area (Å²) in [4.78, 5) is 13.0. The van der Waals surface area contributed by atoms with E-state index in [0.717, 1.165) is 35.4 Å². The number of anilines is 1. The van der Waals surface area contributed by atoms with Crippen molar-refractivity contribution in [3.63, 3.8) is 0 Å². The van der Waals surface area contributed by atoms with E-state index in [1.807, 2.05) is 13.0 Å². The predicted octanol–water partition coefficient (Wildman–Crippen LogP) is 3.87. The van der Waals surface area contributed by atoms with Gasteiger partial charge in [-0.3, -0.25) is 9.10 Å². The molecule has 2 atom stereocenters. The van der Waals surface area contributed by atoms with Gasteiger partial charge in [0.2, 0.25) is 15.9 Å². The van der Waals surface area contributed by atoms with E-state index in [-0.39, 0.29) is 17.0 Å². The van der Waals surface area contributed by atoms with Gasteiger partial charge in [-0.05, 0) is 68.0 Å². The minimum Gasteiger partial charge on any atom is -0.495 e. The Hall–Kier alpha value is -2.25. The SMILES string of the molecule is COc1ccc(N([C@H](C)C(=O)N[C@@H](C)c2ccc3c(c2)CCC3)S(C)(=O)=O)cc1Cl. The number of aryl methyl sites for hydroxylation is 2. The summed E-state index contributed by atoms with van der Waals surface area (Å²) < 4.78 is 31.2. The second-order valence-corrected chi connectivity index (χ2v) is 9.93. The van der Waals surface area contributed by atoms with E-state index in [2.05, 4.69) is 17.4 Å². The number of methoxy groups -OCH3 is 1. The second-order valence-electron chi connectivity index (χ2n) is 7.67. The highest BCUT2D eigenvalue weighted by molar-refractivity contribution is 7.92. The summed E-state index contributed by atoms with van der Waals surface area (Å²) >= 11 is 6.17. The first-order chi connectivity index (χ1) is 14.1. The molecule has 1 amide bonds. The van der Waals surface area contributed by atoms with Crippen LogP contribution in [0.4, 0.5) is 5.69 Å². The Labute approximate surface area is 183 Å². The number of fused-ring (bicyclic) bond motifs is 1. The lowest BCUT2D eigenvalue weighted by atomic mass is 10.0. The fourth-order valence-corrected chi connectivity index (χ4v) is 5.30. The van der Waals surface area contributed by atoms with E-state index < -0.39 is 16.1 Å². The van der Waals surface area contributed by atoms with E-state index >= 15 is 0 Å². The third-order valence-electron chi connectivity index (χ3n) is 5.46. The fraction of sp³-hybridized carbons (Fsp3) is 0.409. The largest absolute Gasteiger partial charge is 0.495 e. The Bertz CT molecular complexity index is 1060. The zero-order valence-corrected chi connectivity index (χ0v) is 19.2. The lowest BCUT2D eigenvalue weighted by molar-refractivity contribution is -0.122. The number of hydrogen-bond donors (Lipinski definition) is 1. The molecule has 0 radical (unpaired) electrons. The van der Waals surface area contributed by atoms with Gasteiger partial charge in [0.05, 0.1) is 30.1 Å². The van der Waals surface area contributed by atoms with Crippen molar-refractivity contribution in [2.45, 2.75) is 45.2 Å². The van der Waals surface area contributed by atoms with Crippen LogP contribution in [0.25, 0.3) is 0 Å². The minimum absolute atomic E-state index is 0.244. The van der Waals surface area contributed by atoms with Crippen molar-refractivity contribution in [1.82, 2.24) is 5.32 Å². The van der Waals surface area contributed by atoms with Crippen LogP contribution >= 0.6 is 11.6 Å². The van der Waals surface area contributed by atoms with Gasteiger partial charge in [-0.25, -0.2) is 8.42 Å². The third-order valence-corrected chi connectivity index (χ3v) is 7.00. The molecule has 8 heteroatoms. The fourth-order valence-electron chi connectivity index (χ4n) is 3.88. The van der Waals surface area contributed by atoms with Crippen molar-refractivity contribution < 1.29 is 17.9 Å². The number of hydrogen-bond acceptors (Lipinski definition) is 4. The van der Waals surface area contributed by atoms with Crippen LogP contribution in [0.5, 0.6) is 5.75 Å². The number of nitrogens with zero attached hydrogens (tertiary/aromatic N) is 1. The Balaban J connectivity index is 1.81. The Morgan fingerprint density at radius 3 is 2.47 bits per heavy atom. The normalized spacial score (nSPS) is 15.2. The molecule has 2 aromatic rings. The van der Waals surface area contributed by atoms with Gasteiger partial charge in [-0.1, -0.05) is 29.8 Å². The number of benzene rings is 2. The summed E-state index contributed by atoms with van der Waals surface area (Å²) in [7, 11) is -2.26. The molecule has 1 aliphatic rings. The number of rotatable bonds is 7. The van der Waals surface area contributed by atoms with Crippen LogP contribution in [0.2, 0.25) is 5.02 Å². The molecule has 1 aliphatic carbocycles. The number of nitrogens with one attached hydrogen (secondary N) is 1. The predicted molar refractivity (Wildman–Crippen MR) is 120 cm³/mol. The van der Waals surface area contributed by atoms with Gasteiger partial charge >= 0.3 is 0 Å². The van der Waals surface area contributed by atoms with Crippen LogP contribution in [0, 0.1) is 0 Å². The molecule has 6 nitrogen and oxygen atoms in total. The molecule has 162 valence electrons. The summed E-state index contributed by atoms with van der Waals surface area (Å²) in [6, 6.07) is 9.70. The van der Waals surface area contributed by atoms with Crippen LogP contribution in [-0.4, -0.2) is 33.7 Å². The lowest BCUT2D eigenvalue weighted by Crippen LogP contribution is -2.48. The summed E-state index contributed by atoms with van der Waals surface area (Å²) in [5.74, 6) is 0.0385. The quantitative estimate of drug-likeness (QED) is 0.694. The average molecular weight is 451 g/mol. The maximum atomic E-state index is 13.0. The first-order valence-electron chi connectivity index (χ1n) is 9.87. The number of halogens is 1. The van der Waals surface area contributed by atoms with Crippen LogP contribution in [-0.2, 0) is 27.7 Å². The molecule has 0 bridgehead atoms. The standard InChI is InChI=1S/C22H27ClN2O4S/c1-14(17-9-8-16-6-5-7-18(16)12-17)24-22(26)15(2)25(30(4,27)28)19-10-11-21(29-3)20(23)13-19/h8-15H,5-7H2,1-4H3,(H,24,26)/t14-,15+/m0/s1. The van der Waals surface area contributed by atoms with E-state index in [0.29, 0.717) is 11.4 Å². The Morgan fingerprint density at radius 1 is 1.13 bits per heavy atom. The molecule has 0 saturated heterocycles. The zero-order chi connectivity index (χ0) is 22.1. The smallest absolute Gasteiger partial charge is 0.244 e. The molecule has 0 heterocycles. The number of ether oxygens (including phenoxy) is 1. The van der Waals surface area contributed by atoms with Crippen LogP contribution in [0.15, 0.2) is 36.4 Å². The lowest BCUT2D eigenvalue weighted by Gasteiger charge is -2.29. The van der Waals surface area contributed by atoms with Crippen LogP contribution < -0.4 is 14.4 Å². The Kier molecular flexibility index (Phi) is 6.62. The molecule has 0 fully saturated rings. The molecule has 2 aromatic carbocycles. The first-order valence-corrected chi connectivity index (χ1v) is 12.1. The van der Waals surface area contributed by atoms with Gasteiger partial charge in [0, 0.05) is 0 Å². The third kappa shape index (κ3) is 4.73. The van der Waals surface area contributed by atoms with Gasteiger partial charge in [0.1, 0.15) is 11.8 Å². The minimum atomic E-state index is -3.73. The van der Waals surface area contributed by atoms with E-state index in [9.17, 15) is 13.2 Å². The van der Waals surface area contributed by atoms with Gasteiger partial charge in [-0.2, -0.15) is 0 Å². The molecule has 0 spiro atoms. The molecule has 0 unspecified atom stereocenters. The van der Waals surface area contributed by atoms with Crippen molar-refractivity contribution in [2.24, 2.45) is 0 Å². The molecule has 1 N–H and O–H groups in total. The number of sulfonamides is 1. The highest BCUT2D eigenvalue weighted by atomic mass is 35.5. The van der Waals surface area contributed by atoms with Crippen molar-refractivity contribution in [3.05, 3.63) is 58.1 Å². The highest BCUT2D eigenvalue weighted by Crippen LogP contribution is 2.31. The van der Waals surface area contributed by atoms with Crippen molar-refractivity contribution >= 4 is 33.2 Å². The van der Waals surface area contributed by atoms with Crippen molar-refractivity contribution in [1.29, 1.82) is 0 Å². The van der Waals surface area contributed by atoms with E-state index in [1.54, 1.807) is 19.1 Å². The maximum Gasteiger partial charge on any atom is 0.244 e. The van der Waals surface area contributed by atoms with Crippen LogP contribution in [0.3, 0.4) is 0 Å². The van der Waals surface area contributed by atoms with E-state index in [4.69, 9.17) is 16.3 Å². The maximum absolute atomic E-state index is 13.0. The van der Waals surface area contributed by atoms with Gasteiger partial charge in [0.25, 0.3) is 0 Å². The molecule has 0 aromatic heterocycles. The average Bonchev–Trinajstić information content (AvgIpc) is 3.14. The topological polar surface area (TPSA) is 75.7 Å². The summed E-state index contributed by atoms with van der Waals surface area (Å²) in [6.07, 6.45) is 4.38. The monoisotopic (exact) mass is 450 g/mol. The first kappa shape index (κ1) is 22.4. The summed E-state index contributed by atoms with van der Waals surface area (Å²) in [6.45, 7) is 3.46. The highest BCUT2D eigenvalue weighted by Gasteiger charge is 2.30. The summed E-state index contributed by atoms with van der Waals surface area (Å²) in [5, 5.41) is 3.21. The molecule has 0 saturated carbocycles. The van der Waals surface area contributed by atoms with Gasteiger partial charge in [0.15, 0.2) is 0 Å². The number of carbonyl (C=O) groups is 1. The van der Waals surface area contributed by atoms with E-state index in [1.165, 1.54) is 24.3 Å². The molecular weight excluding hydrogens is 424 g/mol. The number of carbonyl (C=O) groups excluding carboxylic acids is 1. The molecule has 3 rings (SSSR count). The van der Waals surface area contributed by atoms with Gasteiger partial charge in [-0.15, -0.1) is 0 Å². The molecule has 0 aliphatic heterocycles.